The summed E-state index contributed by atoms with van der Waals surface area (Å²) in [6, 6.07) is 3.63. The van der Waals surface area contributed by atoms with Crippen LogP contribution in [0.5, 0.6) is 11.5 Å². The van der Waals surface area contributed by atoms with Crippen molar-refractivity contribution in [3.8, 4) is 11.5 Å². The lowest BCUT2D eigenvalue weighted by molar-refractivity contribution is -0.127. The number of rotatable bonds is 5. The van der Waals surface area contributed by atoms with Gasteiger partial charge in [-0.3, -0.25) is 4.79 Å². The zero-order valence-corrected chi connectivity index (χ0v) is 18.7. The van der Waals surface area contributed by atoms with Gasteiger partial charge in [0.1, 0.15) is 0 Å². The largest absolute Gasteiger partial charge is 0.493 e. The number of hydrogen-bond donors (Lipinski definition) is 0. The van der Waals surface area contributed by atoms with Gasteiger partial charge in [0.15, 0.2) is 11.5 Å². The van der Waals surface area contributed by atoms with E-state index in [1.54, 1.807) is 30.2 Å². The van der Waals surface area contributed by atoms with E-state index in [1.165, 1.54) is 13.2 Å². The Morgan fingerprint density at radius 2 is 1.93 bits per heavy atom. The third-order valence-corrected chi connectivity index (χ3v) is 5.95. The Balaban J connectivity index is 1.60. The normalized spacial score (nSPS) is 19.7. The maximum Gasteiger partial charge on any atom is 0.410 e. The van der Waals surface area contributed by atoms with Crippen molar-refractivity contribution in [3.63, 3.8) is 0 Å². The van der Waals surface area contributed by atoms with E-state index in [4.69, 9.17) is 25.8 Å². The summed E-state index contributed by atoms with van der Waals surface area (Å²) in [6.07, 6.45) is 4.43. The van der Waals surface area contributed by atoms with E-state index in [0.29, 0.717) is 48.3 Å². The highest BCUT2D eigenvalue weighted by Crippen LogP contribution is 2.37. The highest BCUT2D eigenvalue weighted by molar-refractivity contribution is 6.33. The molecule has 2 fully saturated rings. The Labute approximate surface area is 182 Å². The molecule has 0 radical (unpaired) electrons. The molecule has 0 spiro atoms. The van der Waals surface area contributed by atoms with Gasteiger partial charge in [-0.1, -0.05) is 25.4 Å². The number of hydrogen-bond acceptors (Lipinski definition) is 5. The molecular weight excluding hydrogens is 408 g/mol. The summed E-state index contributed by atoms with van der Waals surface area (Å²) in [5, 5.41) is 0.394. The number of piperidine rings is 1. The van der Waals surface area contributed by atoms with Gasteiger partial charge in [0.25, 0.3) is 0 Å². The molecule has 30 heavy (non-hydrogen) atoms. The van der Waals surface area contributed by atoms with Crippen LogP contribution in [0.3, 0.4) is 0 Å². The van der Waals surface area contributed by atoms with Gasteiger partial charge in [-0.25, -0.2) is 4.79 Å². The molecule has 7 nitrogen and oxygen atoms in total. The fourth-order valence-corrected chi connectivity index (χ4v) is 4.18. The van der Waals surface area contributed by atoms with Crippen LogP contribution in [0, 0.1) is 5.41 Å². The van der Waals surface area contributed by atoms with Crippen LogP contribution >= 0.6 is 11.6 Å². The van der Waals surface area contributed by atoms with Crippen molar-refractivity contribution in [2.24, 2.45) is 5.41 Å². The molecule has 0 atom stereocenters. The maximum absolute atomic E-state index is 12.6. The number of nitrogens with zero attached hydrogens (tertiary/aromatic N) is 2. The monoisotopic (exact) mass is 436 g/mol. The van der Waals surface area contributed by atoms with E-state index < -0.39 is 0 Å². The van der Waals surface area contributed by atoms with E-state index in [2.05, 4.69) is 13.8 Å². The molecule has 2 amide bonds. The minimum atomic E-state index is -0.248. The summed E-state index contributed by atoms with van der Waals surface area (Å²) in [6.45, 7) is 6.51. The Bertz CT molecular complexity index is 831. The van der Waals surface area contributed by atoms with Gasteiger partial charge in [-0.15, -0.1) is 0 Å². The van der Waals surface area contributed by atoms with E-state index in [9.17, 15) is 9.59 Å². The molecule has 1 aromatic rings. The zero-order chi connectivity index (χ0) is 21.9. The van der Waals surface area contributed by atoms with Crippen molar-refractivity contribution >= 4 is 29.7 Å². The highest BCUT2D eigenvalue weighted by atomic mass is 35.5. The minimum absolute atomic E-state index is 0.0533. The lowest BCUT2D eigenvalue weighted by Crippen LogP contribution is -2.55. The molecular formula is C22H29ClN2O5. The SMILES string of the molecule is COc1ccc(C=CC(=O)N2CCC(N3CC(C)(C)COC3=O)CC2)c(Cl)c1OC. The van der Waals surface area contributed by atoms with Crippen molar-refractivity contribution in [3.05, 3.63) is 28.8 Å². The first-order valence-corrected chi connectivity index (χ1v) is 10.4. The second kappa shape index (κ2) is 9.16. The number of likely N-dealkylation sites (tertiary alicyclic amines) is 1. The predicted octanol–water partition coefficient (Wildman–Crippen LogP) is 3.84. The second-order valence-electron chi connectivity index (χ2n) is 8.44. The number of cyclic esters (lactones) is 1. The van der Waals surface area contributed by atoms with Crippen LogP contribution in [0.4, 0.5) is 4.79 Å². The number of ether oxygens (including phenoxy) is 3. The number of benzene rings is 1. The van der Waals surface area contributed by atoms with Crippen molar-refractivity contribution in [1.82, 2.24) is 9.80 Å². The zero-order valence-electron chi connectivity index (χ0n) is 17.9. The molecule has 0 bridgehead atoms. The maximum atomic E-state index is 12.6. The Morgan fingerprint density at radius 3 is 2.57 bits per heavy atom. The van der Waals surface area contributed by atoms with Crippen molar-refractivity contribution in [1.29, 1.82) is 0 Å². The number of methoxy groups -OCH3 is 2. The topological polar surface area (TPSA) is 68.3 Å². The van der Waals surface area contributed by atoms with Crippen LogP contribution in [-0.2, 0) is 9.53 Å². The highest BCUT2D eigenvalue weighted by Gasteiger charge is 2.38. The van der Waals surface area contributed by atoms with E-state index >= 15 is 0 Å². The molecule has 3 rings (SSSR count). The Kier molecular flexibility index (Phi) is 6.81. The summed E-state index contributed by atoms with van der Waals surface area (Å²) >= 11 is 6.37. The van der Waals surface area contributed by atoms with Crippen LogP contribution in [0.15, 0.2) is 18.2 Å². The lowest BCUT2D eigenvalue weighted by Gasteiger charge is -2.44. The third kappa shape index (κ3) is 4.83. The molecule has 1 aromatic carbocycles. The van der Waals surface area contributed by atoms with Crippen LogP contribution in [0.1, 0.15) is 32.3 Å². The molecule has 0 N–H and O–H groups in total. The van der Waals surface area contributed by atoms with E-state index in [-0.39, 0.29) is 23.5 Å². The quantitative estimate of drug-likeness (QED) is 0.656. The van der Waals surface area contributed by atoms with Gasteiger partial charge in [-0.2, -0.15) is 0 Å². The fourth-order valence-electron chi connectivity index (χ4n) is 3.89. The Hall–Kier alpha value is -2.41. The van der Waals surface area contributed by atoms with Gasteiger partial charge in [0, 0.05) is 37.2 Å². The van der Waals surface area contributed by atoms with Gasteiger partial charge >= 0.3 is 6.09 Å². The standard InChI is InChI=1S/C22H29ClN2O5/c1-22(2)13-25(21(27)30-14-22)16-9-11-24(12-10-16)18(26)8-6-15-5-7-17(28-3)20(29-4)19(15)23/h5-8,16H,9-14H2,1-4H3. The van der Waals surface area contributed by atoms with Crippen LogP contribution < -0.4 is 9.47 Å². The van der Waals surface area contributed by atoms with Crippen LogP contribution in [-0.4, -0.2) is 68.3 Å². The second-order valence-corrected chi connectivity index (χ2v) is 8.82. The summed E-state index contributed by atoms with van der Waals surface area (Å²) < 4.78 is 15.9. The first-order chi connectivity index (χ1) is 14.3. The van der Waals surface area contributed by atoms with Crippen molar-refractivity contribution in [2.45, 2.75) is 32.7 Å². The average Bonchev–Trinajstić information content (AvgIpc) is 2.74. The van der Waals surface area contributed by atoms with E-state index in [1.807, 2.05) is 4.90 Å². The summed E-state index contributed by atoms with van der Waals surface area (Å²) in [5.74, 6) is 0.888. The van der Waals surface area contributed by atoms with Gasteiger partial charge < -0.3 is 24.0 Å². The number of amides is 2. The first kappa shape index (κ1) is 22.3. The number of halogens is 1. The molecule has 0 saturated carbocycles. The molecule has 0 aromatic heterocycles. The molecule has 8 heteroatoms. The fraction of sp³-hybridized carbons (Fsp3) is 0.545. The van der Waals surface area contributed by atoms with Crippen LogP contribution in [0.25, 0.3) is 6.08 Å². The predicted molar refractivity (Wildman–Crippen MR) is 115 cm³/mol. The number of carbonyl (C=O) groups excluding carboxylic acids is 2. The van der Waals surface area contributed by atoms with Crippen molar-refractivity contribution in [2.75, 3.05) is 40.5 Å². The molecule has 164 valence electrons. The molecule has 2 saturated heterocycles. The minimum Gasteiger partial charge on any atom is -0.493 e. The summed E-state index contributed by atoms with van der Waals surface area (Å²) in [7, 11) is 3.06. The first-order valence-electron chi connectivity index (χ1n) is 10.1. The smallest absolute Gasteiger partial charge is 0.410 e. The molecule has 2 aliphatic rings. The van der Waals surface area contributed by atoms with Crippen LogP contribution in [0.2, 0.25) is 5.02 Å². The van der Waals surface area contributed by atoms with Gasteiger partial charge in [-0.05, 0) is 36.6 Å². The van der Waals surface area contributed by atoms with Gasteiger partial charge in [0.2, 0.25) is 5.91 Å². The lowest BCUT2D eigenvalue weighted by atomic mass is 9.91. The molecule has 0 unspecified atom stereocenters. The van der Waals surface area contributed by atoms with Gasteiger partial charge in [0.05, 0.1) is 25.8 Å². The number of carbonyl (C=O) groups is 2. The third-order valence-electron chi connectivity index (χ3n) is 5.56. The summed E-state index contributed by atoms with van der Waals surface area (Å²) in [5.41, 5.74) is 0.623. The van der Waals surface area contributed by atoms with E-state index in [0.717, 1.165) is 12.8 Å². The summed E-state index contributed by atoms with van der Waals surface area (Å²) in [4.78, 5) is 28.4. The molecule has 0 aliphatic carbocycles. The molecule has 2 aliphatic heterocycles. The molecule has 2 heterocycles. The van der Waals surface area contributed by atoms with Crippen molar-refractivity contribution < 1.29 is 23.8 Å². The average molecular weight is 437 g/mol. The Morgan fingerprint density at radius 1 is 1.23 bits per heavy atom.